The molecule has 1 aromatic carbocycles. The van der Waals surface area contributed by atoms with Crippen LogP contribution in [0.3, 0.4) is 0 Å². The fourth-order valence-electron chi connectivity index (χ4n) is 2.22. The topological polar surface area (TPSA) is 30.7 Å². The number of alkyl halides is 1. The van der Waals surface area contributed by atoms with Crippen molar-refractivity contribution in [3.05, 3.63) is 57.8 Å². The van der Waals surface area contributed by atoms with Crippen LogP contribution in [-0.2, 0) is 12.4 Å². The molecule has 0 aliphatic carbocycles. The molecule has 3 aromatic rings. The smallest absolute Gasteiger partial charge is 0.139 e. The largest absolute Gasteiger partial charge is 0.322 e. The first-order chi connectivity index (χ1) is 10.1. The zero-order valence-corrected chi connectivity index (χ0v) is 13.6. The van der Waals surface area contributed by atoms with E-state index in [0.717, 1.165) is 16.8 Å². The second kappa shape index (κ2) is 5.73. The van der Waals surface area contributed by atoms with Crippen LogP contribution in [0.15, 0.2) is 34.9 Å². The second-order valence-electron chi connectivity index (χ2n) is 4.81. The molecule has 0 spiro atoms. The summed E-state index contributed by atoms with van der Waals surface area (Å²) in [5.41, 5.74) is 3.47. The van der Waals surface area contributed by atoms with Crippen LogP contribution < -0.4 is 0 Å². The van der Waals surface area contributed by atoms with Crippen molar-refractivity contribution in [1.82, 2.24) is 14.5 Å². The quantitative estimate of drug-likeness (QED) is 0.640. The van der Waals surface area contributed by atoms with Gasteiger partial charge in [-0.2, -0.15) is 0 Å². The molecule has 0 N–H and O–H groups in total. The predicted molar refractivity (Wildman–Crippen MR) is 85.0 cm³/mol. The van der Waals surface area contributed by atoms with E-state index in [0.29, 0.717) is 22.4 Å². The summed E-state index contributed by atoms with van der Waals surface area (Å²) in [4.78, 5) is 8.69. The molecule has 0 fully saturated rings. The maximum Gasteiger partial charge on any atom is 0.139 e. The summed E-state index contributed by atoms with van der Waals surface area (Å²) in [6.45, 7) is 2.55. The maximum atomic E-state index is 13.6. The van der Waals surface area contributed by atoms with E-state index in [1.165, 1.54) is 6.07 Å². The molecule has 0 atom stereocenters. The number of fused-ring (bicyclic) bond motifs is 1. The van der Waals surface area contributed by atoms with Crippen molar-refractivity contribution in [2.45, 2.75) is 19.3 Å². The number of hydrogen-bond acceptors (Lipinski definition) is 2. The Bertz CT molecular complexity index is 799. The molecule has 21 heavy (non-hydrogen) atoms. The van der Waals surface area contributed by atoms with E-state index < -0.39 is 0 Å². The van der Waals surface area contributed by atoms with Crippen molar-refractivity contribution >= 4 is 38.6 Å². The lowest BCUT2D eigenvalue weighted by molar-refractivity contribution is 0.622. The summed E-state index contributed by atoms with van der Waals surface area (Å²) < 4.78 is 16.0. The Kier molecular flexibility index (Phi) is 3.95. The Morgan fingerprint density at radius 1 is 1.33 bits per heavy atom. The predicted octanol–water partition coefficient (Wildman–Crippen LogP) is 4.43. The molecular weight excluding hydrogens is 357 g/mol. The standard InChI is InChI=1S/C15H12BrClFN3/c1-9-2-3-10(7-19-9)8-21-14-4-11(16)12(18)5-13(14)20-15(21)6-17/h2-5,7H,6,8H2,1H3. The van der Waals surface area contributed by atoms with Gasteiger partial charge in [-0.15, -0.1) is 11.6 Å². The summed E-state index contributed by atoms with van der Waals surface area (Å²) in [7, 11) is 0. The van der Waals surface area contributed by atoms with Crippen LogP contribution >= 0.6 is 27.5 Å². The first kappa shape index (κ1) is 14.5. The number of aromatic nitrogens is 3. The van der Waals surface area contributed by atoms with Gasteiger partial charge >= 0.3 is 0 Å². The Morgan fingerprint density at radius 3 is 2.81 bits per heavy atom. The molecule has 0 unspecified atom stereocenters. The number of rotatable bonds is 3. The fraction of sp³-hybridized carbons (Fsp3) is 0.200. The Hall–Kier alpha value is -1.46. The first-order valence-corrected chi connectivity index (χ1v) is 7.73. The minimum Gasteiger partial charge on any atom is -0.322 e. The average Bonchev–Trinajstić information content (AvgIpc) is 2.79. The minimum atomic E-state index is -0.328. The van der Waals surface area contributed by atoms with Crippen molar-refractivity contribution < 1.29 is 4.39 Å². The van der Waals surface area contributed by atoms with Crippen LogP contribution in [-0.4, -0.2) is 14.5 Å². The average molecular weight is 369 g/mol. The third-order valence-electron chi connectivity index (χ3n) is 3.30. The lowest BCUT2D eigenvalue weighted by Crippen LogP contribution is -2.04. The van der Waals surface area contributed by atoms with Crippen molar-refractivity contribution in [2.75, 3.05) is 0 Å². The zero-order valence-electron chi connectivity index (χ0n) is 11.3. The van der Waals surface area contributed by atoms with E-state index in [9.17, 15) is 4.39 Å². The number of imidazole rings is 1. The molecule has 0 aliphatic rings. The summed E-state index contributed by atoms with van der Waals surface area (Å²) in [6, 6.07) is 7.13. The molecule has 6 heteroatoms. The molecule has 2 aromatic heterocycles. The van der Waals surface area contributed by atoms with E-state index in [1.807, 2.05) is 29.8 Å². The molecule has 2 heterocycles. The minimum absolute atomic E-state index is 0.271. The van der Waals surface area contributed by atoms with Gasteiger partial charge in [0.05, 0.1) is 27.9 Å². The van der Waals surface area contributed by atoms with Crippen molar-refractivity contribution in [2.24, 2.45) is 0 Å². The molecule has 0 saturated carbocycles. The van der Waals surface area contributed by atoms with E-state index in [1.54, 1.807) is 6.07 Å². The summed E-state index contributed by atoms with van der Waals surface area (Å²) in [5, 5.41) is 0. The van der Waals surface area contributed by atoms with Gasteiger partial charge in [-0.25, -0.2) is 9.37 Å². The van der Waals surface area contributed by atoms with Gasteiger partial charge in [0.2, 0.25) is 0 Å². The van der Waals surface area contributed by atoms with Gasteiger partial charge in [-0.1, -0.05) is 6.07 Å². The van der Waals surface area contributed by atoms with Gasteiger partial charge in [0.25, 0.3) is 0 Å². The third kappa shape index (κ3) is 2.80. The van der Waals surface area contributed by atoms with Crippen molar-refractivity contribution in [3.8, 4) is 0 Å². The Balaban J connectivity index is 2.11. The number of aryl methyl sites for hydroxylation is 1. The summed E-state index contributed by atoms with van der Waals surface area (Å²) in [5.74, 6) is 0.655. The van der Waals surface area contributed by atoms with E-state index in [-0.39, 0.29) is 11.7 Å². The molecule has 3 nitrogen and oxygen atoms in total. The SMILES string of the molecule is Cc1ccc(Cn2c(CCl)nc3cc(F)c(Br)cc32)cn1. The first-order valence-electron chi connectivity index (χ1n) is 6.40. The van der Waals surface area contributed by atoms with Gasteiger partial charge in [0.1, 0.15) is 11.6 Å². The lowest BCUT2D eigenvalue weighted by Gasteiger charge is -2.08. The number of hydrogen-bond donors (Lipinski definition) is 0. The van der Waals surface area contributed by atoms with Gasteiger partial charge in [-0.3, -0.25) is 4.98 Å². The van der Waals surface area contributed by atoms with Gasteiger partial charge in [0, 0.05) is 18.0 Å². The molecular formula is C15H12BrClFN3. The van der Waals surface area contributed by atoms with Gasteiger partial charge in [0.15, 0.2) is 0 Å². The number of benzene rings is 1. The third-order valence-corrected chi connectivity index (χ3v) is 4.15. The Labute approximate surface area is 134 Å². The van der Waals surface area contributed by atoms with Crippen LogP contribution in [0.25, 0.3) is 11.0 Å². The molecule has 0 bridgehead atoms. The van der Waals surface area contributed by atoms with E-state index in [4.69, 9.17) is 11.6 Å². The van der Waals surface area contributed by atoms with Crippen LogP contribution in [0.5, 0.6) is 0 Å². The highest BCUT2D eigenvalue weighted by molar-refractivity contribution is 9.10. The number of halogens is 3. The highest BCUT2D eigenvalue weighted by Gasteiger charge is 2.13. The van der Waals surface area contributed by atoms with Crippen molar-refractivity contribution in [1.29, 1.82) is 0 Å². The zero-order chi connectivity index (χ0) is 15.0. The van der Waals surface area contributed by atoms with Crippen LogP contribution in [0, 0.1) is 12.7 Å². The van der Waals surface area contributed by atoms with E-state index in [2.05, 4.69) is 25.9 Å². The van der Waals surface area contributed by atoms with Gasteiger partial charge in [-0.05, 0) is 40.5 Å². The number of pyridine rings is 1. The van der Waals surface area contributed by atoms with Crippen LogP contribution in [0.4, 0.5) is 4.39 Å². The molecule has 0 saturated heterocycles. The monoisotopic (exact) mass is 367 g/mol. The van der Waals surface area contributed by atoms with Gasteiger partial charge < -0.3 is 4.57 Å². The highest BCUT2D eigenvalue weighted by atomic mass is 79.9. The second-order valence-corrected chi connectivity index (χ2v) is 5.93. The normalized spacial score (nSPS) is 11.2. The molecule has 0 amide bonds. The summed E-state index contributed by atoms with van der Waals surface area (Å²) >= 11 is 9.19. The fourth-order valence-corrected chi connectivity index (χ4v) is 2.76. The molecule has 0 radical (unpaired) electrons. The highest BCUT2D eigenvalue weighted by Crippen LogP contribution is 2.25. The Morgan fingerprint density at radius 2 is 2.14 bits per heavy atom. The van der Waals surface area contributed by atoms with E-state index >= 15 is 0 Å². The van der Waals surface area contributed by atoms with Crippen LogP contribution in [0.2, 0.25) is 0 Å². The molecule has 0 aliphatic heterocycles. The molecule has 108 valence electrons. The maximum absolute atomic E-state index is 13.6. The van der Waals surface area contributed by atoms with Crippen molar-refractivity contribution in [3.63, 3.8) is 0 Å². The lowest BCUT2D eigenvalue weighted by atomic mass is 10.2. The van der Waals surface area contributed by atoms with Crippen LogP contribution in [0.1, 0.15) is 17.1 Å². The summed E-state index contributed by atoms with van der Waals surface area (Å²) in [6.07, 6.45) is 1.83. The molecule has 3 rings (SSSR count). The number of nitrogens with zero attached hydrogens (tertiary/aromatic N) is 3.